The van der Waals surface area contributed by atoms with Crippen molar-refractivity contribution in [3.8, 4) is 17.0 Å². The normalized spacial score (nSPS) is 17.0. The van der Waals surface area contributed by atoms with Crippen LogP contribution < -0.4 is 10.1 Å². The molecule has 190 valence electrons. The molecule has 4 aromatic rings. The molecule has 37 heavy (non-hydrogen) atoms. The highest BCUT2D eigenvalue weighted by Gasteiger charge is 2.19. The van der Waals surface area contributed by atoms with E-state index in [1.54, 1.807) is 12.3 Å². The first-order chi connectivity index (χ1) is 18.1. The van der Waals surface area contributed by atoms with Gasteiger partial charge in [-0.25, -0.2) is 4.98 Å². The Labute approximate surface area is 215 Å². The molecule has 0 aliphatic carbocycles. The molecule has 2 fully saturated rings. The van der Waals surface area contributed by atoms with Gasteiger partial charge in [0, 0.05) is 49.0 Å². The highest BCUT2D eigenvalue weighted by molar-refractivity contribution is 6.11. The summed E-state index contributed by atoms with van der Waals surface area (Å²) in [5, 5.41) is 10.9. The fourth-order valence-corrected chi connectivity index (χ4v) is 4.88. The number of hydrogen-bond acceptors (Lipinski definition) is 7. The molecule has 0 bridgehead atoms. The summed E-state index contributed by atoms with van der Waals surface area (Å²) in [6, 6.07) is 11.8. The van der Waals surface area contributed by atoms with Crippen LogP contribution in [-0.2, 0) is 6.54 Å². The summed E-state index contributed by atoms with van der Waals surface area (Å²) in [4.78, 5) is 26.7. The number of amides is 1. The lowest BCUT2D eigenvalue weighted by Gasteiger charge is -2.30. The molecule has 1 amide bonds. The summed E-state index contributed by atoms with van der Waals surface area (Å²) in [5.74, 6) is 0.284. The first-order valence-electron chi connectivity index (χ1n) is 12.9. The quantitative estimate of drug-likeness (QED) is 0.399. The minimum absolute atomic E-state index is 0.181. The smallest absolute Gasteiger partial charge is 0.276 e. The van der Waals surface area contributed by atoms with Crippen molar-refractivity contribution in [1.29, 1.82) is 0 Å². The van der Waals surface area contributed by atoms with Gasteiger partial charge in [0.2, 0.25) is 5.88 Å². The van der Waals surface area contributed by atoms with E-state index in [-0.39, 0.29) is 12.0 Å². The Bertz CT molecular complexity index is 1390. The van der Waals surface area contributed by atoms with Gasteiger partial charge in [0.25, 0.3) is 5.91 Å². The van der Waals surface area contributed by atoms with Crippen LogP contribution in [0.3, 0.4) is 0 Å². The number of ether oxygens (including phenoxy) is 1. The van der Waals surface area contributed by atoms with E-state index in [1.807, 2.05) is 36.7 Å². The van der Waals surface area contributed by atoms with Crippen LogP contribution in [-0.4, -0.2) is 75.2 Å². The number of nitrogens with one attached hydrogen (secondary N) is 2. The molecule has 0 radical (unpaired) electrons. The van der Waals surface area contributed by atoms with Gasteiger partial charge in [-0.05, 0) is 74.8 Å². The van der Waals surface area contributed by atoms with Crippen molar-refractivity contribution in [3.63, 3.8) is 0 Å². The maximum absolute atomic E-state index is 13.1. The van der Waals surface area contributed by atoms with Crippen molar-refractivity contribution in [2.24, 2.45) is 0 Å². The van der Waals surface area contributed by atoms with Crippen molar-refractivity contribution in [3.05, 3.63) is 66.2 Å². The number of fused-ring (bicyclic) bond motifs is 1. The van der Waals surface area contributed by atoms with Crippen LogP contribution in [0.1, 0.15) is 35.3 Å². The second kappa shape index (κ2) is 10.3. The number of H-pyrrole nitrogens is 1. The Morgan fingerprint density at radius 3 is 2.68 bits per heavy atom. The zero-order valence-electron chi connectivity index (χ0n) is 21.0. The molecule has 1 aromatic carbocycles. The Balaban J connectivity index is 1.15. The zero-order valence-corrected chi connectivity index (χ0v) is 21.0. The number of carbonyl (C=O) groups is 1. The molecular weight excluding hydrogens is 466 g/mol. The molecule has 2 aliphatic rings. The van der Waals surface area contributed by atoms with Gasteiger partial charge in [0.05, 0.1) is 17.4 Å². The molecule has 0 spiro atoms. The number of hydrogen-bond donors (Lipinski definition) is 2. The van der Waals surface area contributed by atoms with Gasteiger partial charge in [-0.1, -0.05) is 6.07 Å². The van der Waals surface area contributed by atoms with Gasteiger partial charge in [-0.15, -0.1) is 0 Å². The number of aromatic amines is 1. The first kappa shape index (κ1) is 23.6. The fourth-order valence-electron chi connectivity index (χ4n) is 4.88. The predicted molar refractivity (Wildman–Crippen MR) is 143 cm³/mol. The third-order valence-corrected chi connectivity index (χ3v) is 7.21. The number of rotatable bonds is 7. The standard InChI is InChI=1S/C28H31N7O2/c1-34-11-7-23(8-12-34)37-26-6-4-22(17-30-26)31-28(36)27-24-14-20(3-5-25(24)32-33-27)21-13-19(15-29-16-21)18-35-9-2-10-35/h3-6,13-17,23H,2,7-12,18H2,1H3,(H,31,36)(H,32,33). The Kier molecular flexibility index (Phi) is 6.55. The lowest BCUT2D eigenvalue weighted by molar-refractivity contribution is 0.102. The minimum Gasteiger partial charge on any atom is -0.474 e. The van der Waals surface area contributed by atoms with Gasteiger partial charge < -0.3 is 15.0 Å². The number of aromatic nitrogens is 4. The van der Waals surface area contributed by atoms with Crippen molar-refractivity contribution < 1.29 is 9.53 Å². The van der Waals surface area contributed by atoms with E-state index in [9.17, 15) is 4.79 Å². The third kappa shape index (κ3) is 5.33. The monoisotopic (exact) mass is 497 g/mol. The van der Waals surface area contributed by atoms with Crippen LogP contribution in [0.25, 0.3) is 22.0 Å². The molecule has 2 saturated heterocycles. The van der Waals surface area contributed by atoms with E-state index in [0.717, 1.165) is 67.6 Å². The molecule has 3 aromatic heterocycles. The van der Waals surface area contributed by atoms with Crippen LogP contribution >= 0.6 is 0 Å². The molecule has 9 heteroatoms. The van der Waals surface area contributed by atoms with Gasteiger partial charge in [0.1, 0.15) is 6.10 Å². The summed E-state index contributed by atoms with van der Waals surface area (Å²) in [6.45, 7) is 5.26. The lowest BCUT2D eigenvalue weighted by Crippen LogP contribution is -2.36. The number of nitrogens with zero attached hydrogens (tertiary/aromatic N) is 5. The van der Waals surface area contributed by atoms with E-state index in [2.05, 4.69) is 48.4 Å². The molecule has 9 nitrogen and oxygen atoms in total. The minimum atomic E-state index is -0.293. The van der Waals surface area contributed by atoms with Gasteiger partial charge in [-0.2, -0.15) is 5.10 Å². The van der Waals surface area contributed by atoms with Gasteiger partial charge in [0.15, 0.2) is 5.69 Å². The molecule has 2 N–H and O–H groups in total. The van der Waals surface area contributed by atoms with E-state index in [4.69, 9.17) is 4.74 Å². The summed E-state index contributed by atoms with van der Waals surface area (Å²) in [6.07, 6.45) is 8.84. The van der Waals surface area contributed by atoms with E-state index < -0.39 is 0 Å². The molecule has 0 unspecified atom stereocenters. The lowest BCUT2D eigenvalue weighted by atomic mass is 10.0. The summed E-state index contributed by atoms with van der Waals surface area (Å²) < 4.78 is 6.01. The Hall–Kier alpha value is -3.82. The molecule has 5 heterocycles. The number of carbonyl (C=O) groups excluding carboxylic acids is 1. The number of benzene rings is 1. The molecule has 0 atom stereocenters. The Morgan fingerprint density at radius 2 is 1.92 bits per heavy atom. The fraction of sp³-hybridized carbons (Fsp3) is 0.357. The average Bonchev–Trinajstić information content (AvgIpc) is 3.32. The molecular formula is C28H31N7O2. The van der Waals surface area contributed by atoms with Crippen LogP contribution in [0.2, 0.25) is 0 Å². The molecule has 2 aliphatic heterocycles. The highest BCUT2D eigenvalue weighted by atomic mass is 16.5. The van der Waals surface area contributed by atoms with Crippen molar-refractivity contribution in [1.82, 2.24) is 30.0 Å². The summed E-state index contributed by atoms with van der Waals surface area (Å²) in [5.41, 5.74) is 4.95. The second-order valence-corrected chi connectivity index (χ2v) is 10.0. The number of anilines is 1. The summed E-state index contributed by atoms with van der Waals surface area (Å²) in [7, 11) is 2.12. The SMILES string of the molecule is CN1CCC(Oc2ccc(NC(=O)c3n[nH]c4ccc(-c5cncc(CN6CCC6)c5)cc34)cn2)CC1. The number of likely N-dealkylation sites (tertiary alicyclic amines) is 2. The maximum Gasteiger partial charge on any atom is 0.276 e. The second-order valence-electron chi connectivity index (χ2n) is 10.0. The Morgan fingerprint density at radius 1 is 1.05 bits per heavy atom. The van der Waals surface area contributed by atoms with Crippen molar-refractivity contribution in [2.75, 3.05) is 38.5 Å². The van der Waals surface area contributed by atoms with Crippen LogP contribution in [0.15, 0.2) is 55.0 Å². The topological polar surface area (TPSA) is 99.3 Å². The largest absolute Gasteiger partial charge is 0.474 e. The highest BCUT2D eigenvalue weighted by Crippen LogP contribution is 2.27. The summed E-state index contributed by atoms with van der Waals surface area (Å²) >= 11 is 0. The average molecular weight is 498 g/mol. The van der Waals surface area contributed by atoms with Crippen molar-refractivity contribution >= 4 is 22.5 Å². The van der Waals surface area contributed by atoms with E-state index in [0.29, 0.717) is 17.3 Å². The first-order valence-corrected chi connectivity index (χ1v) is 12.9. The number of piperidine rings is 1. The predicted octanol–water partition coefficient (Wildman–Crippen LogP) is 3.95. The molecule has 0 saturated carbocycles. The van der Waals surface area contributed by atoms with Crippen LogP contribution in [0.4, 0.5) is 5.69 Å². The van der Waals surface area contributed by atoms with Crippen LogP contribution in [0.5, 0.6) is 5.88 Å². The molecule has 6 rings (SSSR count). The van der Waals surface area contributed by atoms with Gasteiger partial charge >= 0.3 is 0 Å². The number of pyridine rings is 2. The maximum atomic E-state index is 13.1. The van der Waals surface area contributed by atoms with Crippen molar-refractivity contribution in [2.45, 2.75) is 31.9 Å². The van der Waals surface area contributed by atoms with Gasteiger partial charge in [-0.3, -0.25) is 19.8 Å². The van der Waals surface area contributed by atoms with E-state index >= 15 is 0 Å². The zero-order chi connectivity index (χ0) is 25.2. The van der Waals surface area contributed by atoms with Crippen LogP contribution in [0, 0.1) is 0 Å². The van der Waals surface area contributed by atoms with E-state index in [1.165, 1.54) is 12.0 Å². The third-order valence-electron chi connectivity index (χ3n) is 7.21.